The second-order valence-corrected chi connectivity index (χ2v) is 4.93. The summed E-state index contributed by atoms with van der Waals surface area (Å²) >= 11 is 5.88. The molecule has 100 valence electrons. The van der Waals surface area contributed by atoms with Crippen molar-refractivity contribution >= 4 is 17.5 Å². The highest BCUT2D eigenvalue weighted by atomic mass is 35.5. The van der Waals surface area contributed by atoms with Crippen LogP contribution in [0, 0.1) is 0 Å². The molecule has 1 aromatic rings. The van der Waals surface area contributed by atoms with Crippen molar-refractivity contribution in [2.75, 3.05) is 6.54 Å². The number of carbonyl (C=O) groups is 1. The number of amides is 1. The minimum atomic E-state index is 0.0398. The van der Waals surface area contributed by atoms with E-state index in [1.165, 1.54) is 0 Å². The minimum Gasteiger partial charge on any atom is -0.353 e. The van der Waals surface area contributed by atoms with Gasteiger partial charge in [0.05, 0.1) is 6.54 Å². The summed E-state index contributed by atoms with van der Waals surface area (Å²) in [5, 5.41) is 6.77. The molecule has 4 heteroatoms. The van der Waals surface area contributed by atoms with Gasteiger partial charge in [0, 0.05) is 17.6 Å². The lowest BCUT2D eigenvalue weighted by atomic mass is 10.2. The molecule has 0 fully saturated rings. The molecule has 2 N–H and O–H groups in total. The predicted molar refractivity (Wildman–Crippen MR) is 75.7 cm³/mol. The number of hydrogen-bond donors (Lipinski definition) is 2. The summed E-state index contributed by atoms with van der Waals surface area (Å²) in [6, 6.07) is 7.87. The molecule has 18 heavy (non-hydrogen) atoms. The average molecular weight is 269 g/mol. The van der Waals surface area contributed by atoms with Crippen LogP contribution in [-0.2, 0) is 11.3 Å². The molecule has 1 unspecified atom stereocenters. The standard InChI is InChI=1S/C14H21ClN2O/c1-3-5-11(2)17-14(18)10-16-9-12-6-4-7-13(15)8-12/h4,6-8,11,16H,3,5,9-10H2,1-2H3,(H,17,18). The maximum absolute atomic E-state index is 11.6. The molecule has 0 radical (unpaired) electrons. The van der Waals surface area contributed by atoms with Crippen LogP contribution >= 0.6 is 11.6 Å². The number of hydrogen-bond acceptors (Lipinski definition) is 2. The fourth-order valence-electron chi connectivity index (χ4n) is 1.80. The molecular formula is C14H21ClN2O. The van der Waals surface area contributed by atoms with Crippen molar-refractivity contribution in [3.8, 4) is 0 Å². The van der Waals surface area contributed by atoms with Crippen LogP contribution in [0.4, 0.5) is 0 Å². The third-order valence-electron chi connectivity index (χ3n) is 2.63. The SMILES string of the molecule is CCCC(C)NC(=O)CNCc1cccc(Cl)c1. The van der Waals surface area contributed by atoms with Gasteiger partial charge >= 0.3 is 0 Å². The zero-order valence-corrected chi connectivity index (χ0v) is 11.8. The first kappa shape index (κ1) is 15.0. The van der Waals surface area contributed by atoms with Crippen molar-refractivity contribution in [1.29, 1.82) is 0 Å². The van der Waals surface area contributed by atoms with Crippen LogP contribution in [0.25, 0.3) is 0 Å². The van der Waals surface area contributed by atoms with Crippen LogP contribution in [0.5, 0.6) is 0 Å². The van der Waals surface area contributed by atoms with Gasteiger partial charge in [-0.25, -0.2) is 0 Å². The largest absolute Gasteiger partial charge is 0.353 e. The van der Waals surface area contributed by atoms with E-state index in [2.05, 4.69) is 17.6 Å². The zero-order chi connectivity index (χ0) is 13.4. The average Bonchev–Trinajstić information content (AvgIpc) is 2.29. The van der Waals surface area contributed by atoms with Crippen molar-refractivity contribution in [1.82, 2.24) is 10.6 Å². The molecule has 0 heterocycles. The summed E-state index contributed by atoms with van der Waals surface area (Å²) in [5.74, 6) is 0.0398. The van der Waals surface area contributed by atoms with Gasteiger partial charge in [-0.15, -0.1) is 0 Å². The van der Waals surface area contributed by atoms with Gasteiger partial charge in [-0.2, -0.15) is 0 Å². The Labute approximate surface area is 114 Å². The normalized spacial score (nSPS) is 12.2. The van der Waals surface area contributed by atoms with Crippen LogP contribution in [0.3, 0.4) is 0 Å². The molecule has 0 aromatic heterocycles. The summed E-state index contributed by atoms with van der Waals surface area (Å²) < 4.78 is 0. The quantitative estimate of drug-likeness (QED) is 0.798. The molecule has 0 bridgehead atoms. The Morgan fingerprint density at radius 1 is 1.44 bits per heavy atom. The van der Waals surface area contributed by atoms with Gasteiger partial charge < -0.3 is 10.6 Å². The predicted octanol–water partition coefficient (Wildman–Crippen LogP) is 2.73. The van der Waals surface area contributed by atoms with E-state index in [0.717, 1.165) is 23.4 Å². The van der Waals surface area contributed by atoms with E-state index in [0.29, 0.717) is 13.1 Å². The van der Waals surface area contributed by atoms with Crippen LogP contribution in [-0.4, -0.2) is 18.5 Å². The second-order valence-electron chi connectivity index (χ2n) is 4.49. The minimum absolute atomic E-state index is 0.0398. The summed E-state index contributed by atoms with van der Waals surface area (Å²) in [7, 11) is 0. The topological polar surface area (TPSA) is 41.1 Å². The monoisotopic (exact) mass is 268 g/mol. The molecule has 0 spiro atoms. The smallest absolute Gasteiger partial charge is 0.234 e. The molecule has 0 aliphatic heterocycles. The fourth-order valence-corrected chi connectivity index (χ4v) is 2.01. The highest BCUT2D eigenvalue weighted by Gasteiger charge is 2.05. The first-order chi connectivity index (χ1) is 8.61. The Hall–Kier alpha value is -1.06. The van der Waals surface area contributed by atoms with Gasteiger partial charge in [0.15, 0.2) is 0 Å². The lowest BCUT2D eigenvalue weighted by Crippen LogP contribution is -2.38. The van der Waals surface area contributed by atoms with Gasteiger partial charge in [0.25, 0.3) is 0 Å². The Balaban J connectivity index is 2.23. The highest BCUT2D eigenvalue weighted by Crippen LogP contribution is 2.09. The Kier molecular flexibility index (Phi) is 6.76. The lowest BCUT2D eigenvalue weighted by molar-refractivity contribution is -0.120. The van der Waals surface area contributed by atoms with E-state index in [9.17, 15) is 4.79 Å². The molecule has 1 atom stereocenters. The van der Waals surface area contributed by atoms with Crippen LogP contribution in [0.2, 0.25) is 5.02 Å². The highest BCUT2D eigenvalue weighted by molar-refractivity contribution is 6.30. The Morgan fingerprint density at radius 3 is 2.89 bits per heavy atom. The fraction of sp³-hybridized carbons (Fsp3) is 0.500. The van der Waals surface area contributed by atoms with Crippen LogP contribution < -0.4 is 10.6 Å². The van der Waals surface area contributed by atoms with E-state index in [1.807, 2.05) is 31.2 Å². The summed E-state index contributed by atoms with van der Waals surface area (Å²) in [4.78, 5) is 11.6. The van der Waals surface area contributed by atoms with E-state index >= 15 is 0 Å². The van der Waals surface area contributed by atoms with Crippen molar-refractivity contribution in [3.05, 3.63) is 34.9 Å². The molecule has 0 aliphatic carbocycles. The third kappa shape index (κ3) is 6.03. The Morgan fingerprint density at radius 2 is 2.22 bits per heavy atom. The molecule has 0 saturated carbocycles. The van der Waals surface area contributed by atoms with E-state index in [1.54, 1.807) is 0 Å². The molecule has 0 aliphatic rings. The Bertz CT molecular complexity index is 382. The molecule has 1 amide bonds. The lowest BCUT2D eigenvalue weighted by Gasteiger charge is -2.13. The number of carbonyl (C=O) groups excluding carboxylic acids is 1. The maximum Gasteiger partial charge on any atom is 0.234 e. The van der Waals surface area contributed by atoms with Crippen molar-refractivity contribution in [3.63, 3.8) is 0 Å². The molecule has 1 aromatic carbocycles. The van der Waals surface area contributed by atoms with E-state index < -0.39 is 0 Å². The van der Waals surface area contributed by atoms with Gasteiger partial charge in [0.1, 0.15) is 0 Å². The van der Waals surface area contributed by atoms with Gasteiger partial charge in [-0.1, -0.05) is 37.1 Å². The summed E-state index contributed by atoms with van der Waals surface area (Å²) in [6.45, 7) is 5.12. The first-order valence-electron chi connectivity index (χ1n) is 6.36. The van der Waals surface area contributed by atoms with Crippen molar-refractivity contribution in [2.24, 2.45) is 0 Å². The van der Waals surface area contributed by atoms with Crippen LogP contribution in [0.15, 0.2) is 24.3 Å². The molecular weight excluding hydrogens is 248 g/mol. The number of nitrogens with one attached hydrogen (secondary N) is 2. The maximum atomic E-state index is 11.6. The first-order valence-corrected chi connectivity index (χ1v) is 6.74. The summed E-state index contributed by atoms with van der Waals surface area (Å²) in [6.07, 6.45) is 2.09. The van der Waals surface area contributed by atoms with Gasteiger partial charge in [-0.05, 0) is 31.0 Å². The van der Waals surface area contributed by atoms with E-state index in [4.69, 9.17) is 11.6 Å². The summed E-state index contributed by atoms with van der Waals surface area (Å²) in [5.41, 5.74) is 1.08. The van der Waals surface area contributed by atoms with Crippen LogP contribution in [0.1, 0.15) is 32.3 Å². The number of halogens is 1. The van der Waals surface area contributed by atoms with Gasteiger partial charge in [0.2, 0.25) is 5.91 Å². The number of benzene rings is 1. The number of rotatable bonds is 7. The van der Waals surface area contributed by atoms with Gasteiger partial charge in [-0.3, -0.25) is 4.79 Å². The second kappa shape index (κ2) is 8.11. The molecule has 0 saturated heterocycles. The van der Waals surface area contributed by atoms with Crippen molar-refractivity contribution in [2.45, 2.75) is 39.3 Å². The van der Waals surface area contributed by atoms with Crippen molar-refractivity contribution < 1.29 is 4.79 Å². The molecule has 1 rings (SSSR count). The third-order valence-corrected chi connectivity index (χ3v) is 2.87. The molecule has 3 nitrogen and oxygen atoms in total. The zero-order valence-electron chi connectivity index (χ0n) is 11.0. The van der Waals surface area contributed by atoms with E-state index in [-0.39, 0.29) is 11.9 Å².